The first kappa shape index (κ1) is 17.0. The highest BCUT2D eigenvalue weighted by atomic mass is 16.8. The van der Waals surface area contributed by atoms with Crippen LogP contribution in [0.1, 0.15) is 0 Å². The highest BCUT2D eigenvalue weighted by Crippen LogP contribution is 2.46. The van der Waals surface area contributed by atoms with E-state index < -0.39 is 17.8 Å². The van der Waals surface area contributed by atoms with Crippen LogP contribution in [-0.2, 0) is 19.1 Å². The van der Waals surface area contributed by atoms with E-state index in [2.05, 4.69) is 10.1 Å². The fourth-order valence-corrected chi connectivity index (χ4v) is 4.39. The predicted octanol–water partition coefficient (Wildman–Crippen LogP) is 1.65. The summed E-state index contributed by atoms with van der Waals surface area (Å²) in [5.74, 6) is -1.93. The van der Waals surface area contributed by atoms with Crippen LogP contribution in [0.15, 0.2) is 53.1 Å². The number of ether oxygens (including phenoxy) is 2. The van der Waals surface area contributed by atoms with E-state index in [0.29, 0.717) is 25.5 Å². The molecule has 2 aromatic rings. The van der Waals surface area contributed by atoms with Crippen LogP contribution in [0.25, 0.3) is 11.3 Å². The Balaban J connectivity index is 1.40. The van der Waals surface area contributed by atoms with Gasteiger partial charge in [0.15, 0.2) is 0 Å². The van der Waals surface area contributed by atoms with Crippen LogP contribution >= 0.6 is 0 Å². The molecule has 0 bridgehead atoms. The Kier molecular flexibility index (Phi) is 3.77. The summed E-state index contributed by atoms with van der Waals surface area (Å²) in [5, 5.41) is 4.18. The number of benzene rings is 1. The fraction of sp³-hybridized carbons (Fsp3) is 0.350. The Morgan fingerprint density at radius 1 is 1.04 bits per heavy atom. The second kappa shape index (κ2) is 6.20. The Labute approximate surface area is 161 Å². The van der Waals surface area contributed by atoms with Crippen molar-refractivity contribution in [1.29, 1.82) is 0 Å². The van der Waals surface area contributed by atoms with E-state index in [9.17, 15) is 9.59 Å². The van der Waals surface area contributed by atoms with Crippen molar-refractivity contribution < 1.29 is 23.6 Å². The van der Waals surface area contributed by atoms with Crippen LogP contribution in [0, 0.1) is 11.8 Å². The second-order valence-corrected chi connectivity index (χ2v) is 7.37. The normalized spacial score (nSPS) is 26.2. The molecule has 1 aromatic heterocycles. The lowest BCUT2D eigenvalue weighted by Crippen LogP contribution is -2.53. The standard InChI is InChI=1S/C20H19N3O5/c1-22-10-14-11-23(17-9-16(21-28-17)13-5-3-2-4-6-13)12-15(14)20(22)26-18(24)7-8-19(25)27-20/h2-9,14-15H,10-12H2,1H3. The number of hydrogen-bond acceptors (Lipinski definition) is 8. The molecule has 0 saturated carbocycles. The third-order valence-corrected chi connectivity index (χ3v) is 5.68. The molecular weight excluding hydrogens is 362 g/mol. The number of likely N-dealkylation sites (tertiary alicyclic amines) is 1. The predicted molar refractivity (Wildman–Crippen MR) is 97.8 cm³/mol. The van der Waals surface area contributed by atoms with Gasteiger partial charge in [0.05, 0.1) is 5.92 Å². The van der Waals surface area contributed by atoms with E-state index in [4.69, 9.17) is 14.0 Å². The molecule has 28 heavy (non-hydrogen) atoms. The zero-order valence-corrected chi connectivity index (χ0v) is 15.3. The zero-order chi connectivity index (χ0) is 19.3. The zero-order valence-electron chi connectivity index (χ0n) is 15.3. The number of carbonyl (C=O) groups is 2. The molecule has 0 amide bonds. The summed E-state index contributed by atoms with van der Waals surface area (Å²) >= 11 is 0. The molecule has 2 unspecified atom stereocenters. The van der Waals surface area contributed by atoms with E-state index in [1.807, 2.05) is 36.4 Å². The van der Waals surface area contributed by atoms with Crippen molar-refractivity contribution in [1.82, 2.24) is 10.1 Å². The van der Waals surface area contributed by atoms with Gasteiger partial charge in [-0.1, -0.05) is 35.5 Å². The molecule has 0 aliphatic carbocycles. The van der Waals surface area contributed by atoms with Crippen LogP contribution in [0.4, 0.5) is 5.88 Å². The van der Waals surface area contributed by atoms with Crippen molar-refractivity contribution in [3.8, 4) is 11.3 Å². The number of rotatable bonds is 2. The van der Waals surface area contributed by atoms with E-state index in [-0.39, 0.29) is 11.8 Å². The first-order valence-corrected chi connectivity index (χ1v) is 9.17. The van der Waals surface area contributed by atoms with Gasteiger partial charge >= 0.3 is 17.8 Å². The molecule has 4 heterocycles. The molecule has 2 fully saturated rings. The van der Waals surface area contributed by atoms with Gasteiger partial charge in [-0.25, -0.2) is 14.5 Å². The van der Waals surface area contributed by atoms with Gasteiger partial charge in [0, 0.05) is 49.3 Å². The van der Waals surface area contributed by atoms with E-state index in [1.165, 1.54) is 0 Å². The van der Waals surface area contributed by atoms with Gasteiger partial charge in [-0.3, -0.25) is 0 Å². The molecule has 0 N–H and O–H groups in total. The third-order valence-electron chi connectivity index (χ3n) is 5.68. The van der Waals surface area contributed by atoms with Gasteiger partial charge in [0.1, 0.15) is 5.69 Å². The molecule has 1 aromatic carbocycles. The van der Waals surface area contributed by atoms with Gasteiger partial charge in [0.25, 0.3) is 0 Å². The number of nitrogens with zero attached hydrogens (tertiary/aromatic N) is 3. The molecule has 2 saturated heterocycles. The minimum Gasteiger partial charge on any atom is -0.405 e. The van der Waals surface area contributed by atoms with E-state index >= 15 is 0 Å². The van der Waals surface area contributed by atoms with Crippen molar-refractivity contribution >= 4 is 17.8 Å². The molecule has 8 heteroatoms. The third kappa shape index (κ3) is 2.60. The SMILES string of the molecule is CN1CC2CN(c3cc(-c4ccccc4)no3)CC2C12OC(=O)C=CC(=O)O2. The monoisotopic (exact) mass is 381 g/mol. The molecular formula is C20H19N3O5. The number of carbonyl (C=O) groups excluding carboxylic acids is 2. The van der Waals surface area contributed by atoms with Crippen molar-refractivity contribution in [3.63, 3.8) is 0 Å². The van der Waals surface area contributed by atoms with Gasteiger partial charge in [0.2, 0.25) is 5.88 Å². The van der Waals surface area contributed by atoms with Gasteiger partial charge in [-0.2, -0.15) is 0 Å². The quantitative estimate of drug-likeness (QED) is 0.726. The number of esters is 2. The number of aromatic nitrogens is 1. The van der Waals surface area contributed by atoms with Crippen molar-refractivity contribution in [2.24, 2.45) is 11.8 Å². The minimum atomic E-state index is -1.39. The number of hydrogen-bond donors (Lipinski definition) is 0. The van der Waals surface area contributed by atoms with E-state index in [0.717, 1.165) is 23.4 Å². The van der Waals surface area contributed by atoms with Gasteiger partial charge in [-0.05, 0) is 7.05 Å². The summed E-state index contributed by atoms with van der Waals surface area (Å²) in [4.78, 5) is 27.9. The molecule has 0 radical (unpaired) electrons. The Morgan fingerprint density at radius 3 is 2.46 bits per heavy atom. The lowest BCUT2D eigenvalue weighted by atomic mass is 9.97. The smallest absolute Gasteiger partial charge is 0.335 e. The topological polar surface area (TPSA) is 85.1 Å². The highest BCUT2D eigenvalue weighted by Gasteiger charge is 2.62. The Hall–Kier alpha value is -3.13. The molecule has 2 atom stereocenters. The summed E-state index contributed by atoms with van der Waals surface area (Å²) in [6.07, 6.45) is 2.21. The first-order valence-electron chi connectivity index (χ1n) is 9.17. The average molecular weight is 381 g/mol. The van der Waals surface area contributed by atoms with Crippen molar-refractivity contribution in [3.05, 3.63) is 48.6 Å². The van der Waals surface area contributed by atoms with Crippen LogP contribution in [-0.4, -0.2) is 54.6 Å². The second-order valence-electron chi connectivity index (χ2n) is 7.37. The molecule has 1 spiro atoms. The van der Waals surface area contributed by atoms with E-state index in [1.54, 1.807) is 11.9 Å². The summed E-state index contributed by atoms with van der Waals surface area (Å²) in [7, 11) is 1.80. The van der Waals surface area contributed by atoms with Crippen LogP contribution in [0.3, 0.4) is 0 Å². The molecule has 8 nitrogen and oxygen atoms in total. The Morgan fingerprint density at radius 2 is 1.75 bits per heavy atom. The summed E-state index contributed by atoms with van der Waals surface area (Å²) in [6, 6.07) is 11.7. The summed E-state index contributed by atoms with van der Waals surface area (Å²) in [5.41, 5.74) is 1.74. The van der Waals surface area contributed by atoms with Crippen LogP contribution in [0.2, 0.25) is 0 Å². The molecule has 144 valence electrons. The van der Waals surface area contributed by atoms with Gasteiger partial charge in [-0.15, -0.1) is 0 Å². The number of fused-ring (bicyclic) bond motifs is 2. The Bertz CT molecular complexity index is 934. The average Bonchev–Trinajstić information content (AvgIpc) is 3.35. The maximum Gasteiger partial charge on any atom is 0.335 e. The maximum atomic E-state index is 12.0. The lowest BCUT2D eigenvalue weighted by Gasteiger charge is -2.36. The van der Waals surface area contributed by atoms with Crippen molar-refractivity contribution in [2.45, 2.75) is 5.91 Å². The maximum absolute atomic E-state index is 12.0. The summed E-state index contributed by atoms with van der Waals surface area (Å²) in [6.45, 7) is 1.86. The number of anilines is 1. The minimum absolute atomic E-state index is 0.161. The van der Waals surface area contributed by atoms with Gasteiger partial charge < -0.3 is 18.9 Å². The first-order chi connectivity index (χ1) is 13.5. The largest absolute Gasteiger partial charge is 0.405 e. The van der Waals surface area contributed by atoms with Crippen LogP contribution in [0.5, 0.6) is 0 Å². The fourth-order valence-electron chi connectivity index (χ4n) is 4.39. The molecule has 3 aliphatic rings. The summed E-state index contributed by atoms with van der Waals surface area (Å²) < 4.78 is 16.8. The van der Waals surface area contributed by atoms with Crippen LogP contribution < -0.4 is 4.90 Å². The van der Waals surface area contributed by atoms with Crippen molar-refractivity contribution in [2.75, 3.05) is 31.6 Å². The molecule has 5 rings (SSSR count). The lowest BCUT2D eigenvalue weighted by molar-refractivity contribution is -0.280. The molecule has 3 aliphatic heterocycles. The highest BCUT2D eigenvalue weighted by molar-refractivity contribution is 5.93.